The predicted octanol–water partition coefficient (Wildman–Crippen LogP) is 2.07. The molecule has 0 spiro atoms. The van der Waals surface area contributed by atoms with Crippen molar-refractivity contribution in [3.63, 3.8) is 0 Å². The van der Waals surface area contributed by atoms with Crippen molar-refractivity contribution in [1.29, 1.82) is 0 Å². The van der Waals surface area contributed by atoms with Gasteiger partial charge in [0, 0.05) is 11.5 Å². The lowest BCUT2D eigenvalue weighted by Crippen LogP contribution is -2.66. The van der Waals surface area contributed by atoms with Crippen molar-refractivity contribution >= 4 is 17.5 Å². The van der Waals surface area contributed by atoms with Gasteiger partial charge in [-0.05, 0) is 5.92 Å². The summed E-state index contributed by atoms with van der Waals surface area (Å²) >= 11 is 0. The van der Waals surface area contributed by atoms with E-state index < -0.39 is 11.6 Å². The van der Waals surface area contributed by atoms with Crippen LogP contribution in [0.5, 0.6) is 0 Å². The van der Waals surface area contributed by atoms with Crippen molar-refractivity contribution < 1.29 is 19.2 Å². The first kappa shape index (κ1) is 13.8. The summed E-state index contributed by atoms with van der Waals surface area (Å²) in [5, 5.41) is 3.94. The summed E-state index contributed by atoms with van der Waals surface area (Å²) in [4.78, 5) is 30.1. The summed E-state index contributed by atoms with van der Waals surface area (Å²) in [6, 6.07) is 8.90. The summed E-state index contributed by atoms with van der Waals surface area (Å²) < 4.78 is 4.86. The number of ketones is 1. The number of carbonyl (C=O) groups is 2. The number of Topliss-reactive ketones (excluding diaryl/α,β-unsaturated/α-hetero) is 1. The Morgan fingerprint density at radius 2 is 1.90 bits per heavy atom. The number of hydrogen-bond donors (Lipinski definition) is 0. The molecule has 5 nitrogen and oxygen atoms in total. The van der Waals surface area contributed by atoms with E-state index in [1.807, 2.05) is 19.9 Å². The fourth-order valence-corrected chi connectivity index (χ4v) is 3.44. The second kappa shape index (κ2) is 4.69. The highest BCUT2D eigenvalue weighted by Gasteiger charge is 2.72. The number of methoxy groups -OCH3 is 1. The van der Waals surface area contributed by atoms with E-state index in [1.54, 1.807) is 24.3 Å². The van der Waals surface area contributed by atoms with Gasteiger partial charge in [0.2, 0.25) is 11.4 Å². The van der Waals surface area contributed by atoms with Gasteiger partial charge in [0.05, 0.1) is 13.0 Å². The van der Waals surface area contributed by atoms with Crippen molar-refractivity contribution in [1.82, 2.24) is 0 Å². The SMILES string of the molecule is COC(=O)[C@]12ON=C(C(=O)c3ccccc3)[C@H]1[C@@H](C)[C@H]2C. The molecular formula is C16H17NO4. The number of rotatable bonds is 3. The van der Waals surface area contributed by atoms with Gasteiger partial charge in [-0.2, -0.15) is 0 Å². The molecule has 5 heteroatoms. The van der Waals surface area contributed by atoms with Crippen molar-refractivity contribution in [3.8, 4) is 0 Å². The standard InChI is InChI=1S/C16H17NO4/c1-9-10(2)16(15(19)20-3)12(9)13(17-21-16)14(18)11-7-5-4-6-8-11/h4-10,12H,1-3H3/t9-,10+,12+,16+/m0/s1. The Morgan fingerprint density at radius 1 is 1.24 bits per heavy atom. The first-order chi connectivity index (χ1) is 10.0. The van der Waals surface area contributed by atoms with E-state index in [1.165, 1.54) is 7.11 Å². The third kappa shape index (κ3) is 1.66. The zero-order valence-corrected chi connectivity index (χ0v) is 12.2. The maximum Gasteiger partial charge on any atom is 0.354 e. The molecule has 0 amide bonds. The van der Waals surface area contributed by atoms with E-state index in [4.69, 9.17) is 9.57 Å². The smallest absolute Gasteiger partial charge is 0.354 e. The Labute approximate surface area is 122 Å². The number of fused-ring (bicyclic) bond motifs is 1. The monoisotopic (exact) mass is 287 g/mol. The average molecular weight is 287 g/mol. The van der Waals surface area contributed by atoms with Gasteiger partial charge in [0.15, 0.2) is 0 Å². The zero-order valence-electron chi connectivity index (χ0n) is 12.2. The van der Waals surface area contributed by atoms with Crippen LogP contribution in [-0.4, -0.2) is 30.2 Å². The number of benzene rings is 1. The quantitative estimate of drug-likeness (QED) is 0.630. The highest BCUT2D eigenvalue weighted by atomic mass is 16.7. The van der Waals surface area contributed by atoms with Crippen LogP contribution < -0.4 is 0 Å². The van der Waals surface area contributed by atoms with E-state index in [9.17, 15) is 9.59 Å². The fraction of sp³-hybridized carbons (Fsp3) is 0.438. The van der Waals surface area contributed by atoms with E-state index >= 15 is 0 Å². The summed E-state index contributed by atoms with van der Waals surface area (Å²) in [7, 11) is 1.32. The van der Waals surface area contributed by atoms with Crippen LogP contribution in [0.4, 0.5) is 0 Å². The van der Waals surface area contributed by atoms with Gasteiger partial charge >= 0.3 is 5.97 Å². The molecule has 0 saturated heterocycles. The lowest BCUT2D eigenvalue weighted by atomic mass is 9.53. The van der Waals surface area contributed by atoms with Gasteiger partial charge in [0.25, 0.3) is 0 Å². The Morgan fingerprint density at radius 3 is 2.52 bits per heavy atom. The Kier molecular flexibility index (Phi) is 3.08. The lowest BCUT2D eigenvalue weighted by Gasteiger charge is -2.50. The minimum Gasteiger partial charge on any atom is -0.466 e. The molecule has 0 aromatic heterocycles. The molecule has 1 aromatic carbocycles. The van der Waals surface area contributed by atoms with Crippen LogP contribution in [0.25, 0.3) is 0 Å². The molecule has 1 saturated carbocycles. The summed E-state index contributed by atoms with van der Waals surface area (Å²) in [6.45, 7) is 3.92. The van der Waals surface area contributed by atoms with Crippen LogP contribution in [0.2, 0.25) is 0 Å². The molecule has 1 aromatic rings. The van der Waals surface area contributed by atoms with Gasteiger partial charge in [0.1, 0.15) is 5.71 Å². The third-order valence-corrected chi connectivity index (χ3v) is 4.82. The maximum atomic E-state index is 12.6. The molecule has 3 rings (SSSR count). The van der Waals surface area contributed by atoms with Crippen LogP contribution in [0.15, 0.2) is 35.5 Å². The molecule has 0 radical (unpaired) electrons. The predicted molar refractivity (Wildman–Crippen MR) is 75.9 cm³/mol. The summed E-state index contributed by atoms with van der Waals surface area (Å²) in [6.07, 6.45) is 0. The number of nitrogens with zero attached hydrogens (tertiary/aromatic N) is 1. The molecule has 1 heterocycles. The zero-order chi connectivity index (χ0) is 15.2. The van der Waals surface area contributed by atoms with Gasteiger partial charge < -0.3 is 9.57 Å². The summed E-state index contributed by atoms with van der Waals surface area (Å²) in [5.74, 6) is -0.895. The van der Waals surface area contributed by atoms with Gasteiger partial charge in [-0.25, -0.2) is 4.79 Å². The highest BCUT2D eigenvalue weighted by Crippen LogP contribution is 2.56. The highest BCUT2D eigenvalue weighted by molar-refractivity contribution is 6.47. The number of ether oxygens (including phenoxy) is 1. The van der Waals surface area contributed by atoms with Crippen LogP contribution >= 0.6 is 0 Å². The second-order valence-corrected chi connectivity index (χ2v) is 5.67. The molecule has 4 atom stereocenters. The number of esters is 1. The first-order valence-corrected chi connectivity index (χ1v) is 6.98. The molecule has 21 heavy (non-hydrogen) atoms. The fourth-order valence-electron chi connectivity index (χ4n) is 3.44. The first-order valence-electron chi connectivity index (χ1n) is 6.98. The minimum absolute atomic E-state index is 0.0419. The number of hydrogen-bond acceptors (Lipinski definition) is 5. The molecule has 0 N–H and O–H groups in total. The number of carbonyl (C=O) groups excluding carboxylic acids is 2. The van der Waals surface area contributed by atoms with Crippen molar-refractivity contribution in [2.75, 3.05) is 7.11 Å². The van der Waals surface area contributed by atoms with Gasteiger partial charge in [-0.3, -0.25) is 4.79 Å². The normalized spacial score (nSPS) is 33.3. The molecule has 2 aliphatic rings. The second-order valence-electron chi connectivity index (χ2n) is 5.67. The summed E-state index contributed by atoms with van der Waals surface area (Å²) in [5.41, 5.74) is -0.266. The largest absolute Gasteiger partial charge is 0.466 e. The van der Waals surface area contributed by atoms with E-state index in [-0.39, 0.29) is 23.5 Å². The van der Waals surface area contributed by atoms with Crippen molar-refractivity contribution in [2.45, 2.75) is 19.4 Å². The van der Waals surface area contributed by atoms with Gasteiger partial charge in [-0.1, -0.05) is 49.3 Å². The average Bonchev–Trinajstić information content (AvgIpc) is 2.90. The van der Waals surface area contributed by atoms with Crippen LogP contribution in [0.3, 0.4) is 0 Å². The van der Waals surface area contributed by atoms with Crippen molar-refractivity contribution in [2.24, 2.45) is 22.9 Å². The Bertz CT molecular complexity index is 624. The van der Waals surface area contributed by atoms with E-state index in [2.05, 4.69) is 5.16 Å². The third-order valence-electron chi connectivity index (χ3n) is 4.82. The maximum absolute atomic E-state index is 12.6. The topological polar surface area (TPSA) is 65.0 Å². The molecular weight excluding hydrogens is 270 g/mol. The molecule has 1 fully saturated rings. The van der Waals surface area contributed by atoms with Crippen LogP contribution in [0, 0.1) is 17.8 Å². The number of oxime groups is 1. The Hall–Kier alpha value is -2.17. The lowest BCUT2D eigenvalue weighted by molar-refractivity contribution is -0.210. The van der Waals surface area contributed by atoms with E-state index in [0.717, 1.165) is 0 Å². The Balaban J connectivity index is 1.94. The van der Waals surface area contributed by atoms with Crippen molar-refractivity contribution in [3.05, 3.63) is 35.9 Å². The molecule has 0 bridgehead atoms. The molecule has 110 valence electrons. The van der Waals surface area contributed by atoms with E-state index in [0.29, 0.717) is 11.3 Å². The van der Waals surface area contributed by atoms with Crippen LogP contribution in [-0.2, 0) is 14.4 Å². The molecule has 0 unspecified atom stereocenters. The van der Waals surface area contributed by atoms with Gasteiger partial charge in [-0.15, -0.1) is 0 Å². The van der Waals surface area contributed by atoms with Crippen LogP contribution in [0.1, 0.15) is 24.2 Å². The molecule has 1 aliphatic carbocycles. The molecule has 1 aliphatic heterocycles. The minimum atomic E-state index is -1.13.